The molecular formula is C27H28BrNO3. The average molecular weight is 494 g/mol. The topological polar surface area (TPSA) is 59.3 Å². The predicted octanol–water partition coefficient (Wildman–Crippen LogP) is 6.68. The summed E-state index contributed by atoms with van der Waals surface area (Å²) in [4.78, 5) is 26.7. The Morgan fingerprint density at radius 1 is 0.812 bits per heavy atom. The van der Waals surface area contributed by atoms with Gasteiger partial charge in [0.1, 0.15) is 11.5 Å². The normalized spacial score (nSPS) is 22.5. The second-order valence-electron chi connectivity index (χ2n) is 10.9. The lowest BCUT2D eigenvalue weighted by Gasteiger charge is -2.43. The van der Waals surface area contributed by atoms with Crippen molar-refractivity contribution in [3.8, 4) is 11.3 Å². The monoisotopic (exact) mass is 493 g/mol. The molecule has 0 spiro atoms. The Kier molecular flexibility index (Phi) is 4.90. The van der Waals surface area contributed by atoms with E-state index in [1.165, 1.54) is 0 Å². The number of hydrogen-bond donors (Lipinski definition) is 1. The fourth-order valence-electron chi connectivity index (χ4n) is 5.45. The maximum atomic E-state index is 13.4. The van der Waals surface area contributed by atoms with Crippen molar-refractivity contribution in [1.29, 1.82) is 0 Å². The number of ketones is 2. The zero-order valence-corrected chi connectivity index (χ0v) is 20.6. The van der Waals surface area contributed by atoms with Gasteiger partial charge in [-0.3, -0.25) is 9.59 Å². The Balaban J connectivity index is 1.64. The first-order valence-electron chi connectivity index (χ1n) is 11.2. The molecule has 0 fully saturated rings. The third-order valence-corrected chi connectivity index (χ3v) is 7.29. The van der Waals surface area contributed by atoms with Crippen LogP contribution in [0.3, 0.4) is 0 Å². The van der Waals surface area contributed by atoms with E-state index in [2.05, 4.69) is 48.9 Å². The van der Waals surface area contributed by atoms with Gasteiger partial charge in [-0.1, -0.05) is 55.8 Å². The first-order chi connectivity index (χ1) is 15.0. The fraction of sp³-hybridized carbons (Fsp3) is 0.407. The molecule has 3 aliphatic rings. The highest BCUT2D eigenvalue weighted by Gasteiger charge is 2.47. The number of hydrogen-bond acceptors (Lipinski definition) is 4. The molecular weight excluding hydrogens is 466 g/mol. The molecule has 1 N–H and O–H groups in total. The molecule has 2 aromatic rings. The summed E-state index contributed by atoms with van der Waals surface area (Å²) in [7, 11) is 0. The molecule has 0 atom stereocenters. The van der Waals surface area contributed by atoms with Crippen molar-refractivity contribution in [3.63, 3.8) is 0 Å². The minimum atomic E-state index is -0.433. The number of Topliss-reactive ketones (excluding diaryl/α,β-unsaturated/α-hetero) is 2. The number of halogens is 1. The Labute approximate surface area is 197 Å². The van der Waals surface area contributed by atoms with Gasteiger partial charge in [-0.2, -0.15) is 0 Å². The number of nitrogens with one attached hydrogen (secondary N) is 1. The van der Waals surface area contributed by atoms with E-state index in [0.717, 1.165) is 40.0 Å². The van der Waals surface area contributed by atoms with Crippen LogP contribution < -0.4 is 5.32 Å². The predicted molar refractivity (Wildman–Crippen MR) is 128 cm³/mol. The summed E-state index contributed by atoms with van der Waals surface area (Å²) in [6, 6.07) is 11.8. The minimum Gasteiger partial charge on any atom is -0.460 e. The van der Waals surface area contributed by atoms with Crippen molar-refractivity contribution in [3.05, 3.63) is 69.2 Å². The Morgan fingerprint density at radius 3 is 1.88 bits per heavy atom. The number of carbonyl (C=O) groups is 2. The fourth-order valence-corrected chi connectivity index (χ4v) is 5.71. The van der Waals surface area contributed by atoms with Crippen LogP contribution in [0.25, 0.3) is 11.3 Å². The van der Waals surface area contributed by atoms with E-state index in [1.807, 2.05) is 36.4 Å². The van der Waals surface area contributed by atoms with E-state index in [-0.39, 0.29) is 22.4 Å². The van der Waals surface area contributed by atoms with E-state index in [1.54, 1.807) is 0 Å². The van der Waals surface area contributed by atoms with Gasteiger partial charge >= 0.3 is 0 Å². The van der Waals surface area contributed by atoms with Gasteiger partial charge in [-0.25, -0.2) is 0 Å². The highest BCUT2D eigenvalue weighted by molar-refractivity contribution is 9.10. The van der Waals surface area contributed by atoms with E-state index in [9.17, 15) is 9.59 Å². The van der Waals surface area contributed by atoms with Gasteiger partial charge in [0, 0.05) is 45.4 Å². The molecule has 0 saturated carbocycles. The summed E-state index contributed by atoms with van der Waals surface area (Å²) in [6.45, 7) is 8.51. The standard InChI is InChI=1S/C27H28BrNO3/c1-26(2)11-17-23(19(30)13-26)25(24-18(29-17)12-27(3,4)14-20(24)31)22-10-9-21(32-22)15-5-7-16(28)8-6-15/h5-10,25,29H,11-14H2,1-4H3. The molecule has 5 heteroatoms. The maximum absolute atomic E-state index is 13.4. The van der Waals surface area contributed by atoms with Crippen molar-refractivity contribution >= 4 is 27.5 Å². The van der Waals surface area contributed by atoms with Crippen molar-refractivity contribution in [2.75, 3.05) is 0 Å². The molecule has 0 unspecified atom stereocenters. The molecule has 1 aromatic heterocycles. The summed E-state index contributed by atoms with van der Waals surface area (Å²) in [5, 5.41) is 3.54. The van der Waals surface area contributed by atoms with Crippen LogP contribution in [0.5, 0.6) is 0 Å². The number of carbonyl (C=O) groups excluding carboxylic acids is 2. The smallest absolute Gasteiger partial charge is 0.162 e. The Morgan fingerprint density at radius 2 is 1.34 bits per heavy atom. The van der Waals surface area contributed by atoms with Crippen molar-refractivity contribution < 1.29 is 14.0 Å². The summed E-state index contributed by atoms with van der Waals surface area (Å²) in [5.41, 5.74) is 4.10. The number of dihydropyridines is 1. The first kappa shape index (κ1) is 21.4. The number of furan rings is 1. The Hall–Kier alpha value is -2.40. The van der Waals surface area contributed by atoms with Gasteiger partial charge in [-0.05, 0) is 47.9 Å². The van der Waals surface area contributed by atoms with Crippen LogP contribution in [-0.2, 0) is 9.59 Å². The van der Waals surface area contributed by atoms with Crippen molar-refractivity contribution in [1.82, 2.24) is 5.32 Å². The molecule has 4 nitrogen and oxygen atoms in total. The van der Waals surface area contributed by atoms with Crippen molar-refractivity contribution in [2.24, 2.45) is 10.8 Å². The van der Waals surface area contributed by atoms with Crippen LogP contribution in [0.15, 0.2) is 67.8 Å². The third kappa shape index (κ3) is 3.71. The Bertz CT molecular complexity index is 1140. The first-order valence-corrected chi connectivity index (χ1v) is 12.0. The third-order valence-electron chi connectivity index (χ3n) is 6.76. The molecule has 5 rings (SSSR count). The summed E-state index contributed by atoms with van der Waals surface area (Å²) in [6.07, 6.45) is 2.53. The van der Waals surface area contributed by atoms with E-state index < -0.39 is 5.92 Å². The number of allylic oxidation sites excluding steroid dienone is 4. The summed E-state index contributed by atoms with van der Waals surface area (Å²) >= 11 is 3.47. The van der Waals surface area contributed by atoms with Gasteiger partial charge in [0.15, 0.2) is 11.6 Å². The van der Waals surface area contributed by atoms with Crippen LogP contribution in [-0.4, -0.2) is 11.6 Å². The SMILES string of the molecule is CC1(C)CC(=O)C2=C(C1)NC1=C(C(=O)CC(C)(C)C1)C2c1ccc(-c2ccc(Br)cc2)o1. The zero-order chi connectivity index (χ0) is 22.8. The van der Waals surface area contributed by atoms with Gasteiger partial charge in [0.2, 0.25) is 0 Å². The van der Waals surface area contributed by atoms with Crippen LogP contribution in [0.4, 0.5) is 0 Å². The molecule has 0 saturated heterocycles. The largest absolute Gasteiger partial charge is 0.460 e. The molecule has 0 amide bonds. The highest BCUT2D eigenvalue weighted by Crippen LogP contribution is 2.51. The zero-order valence-electron chi connectivity index (χ0n) is 19.0. The molecule has 1 aliphatic heterocycles. The second kappa shape index (κ2) is 7.31. The molecule has 2 heterocycles. The molecule has 0 bridgehead atoms. The van der Waals surface area contributed by atoms with Gasteiger partial charge < -0.3 is 9.73 Å². The minimum absolute atomic E-state index is 0.106. The summed E-state index contributed by atoms with van der Waals surface area (Å²) in [5.74, 6) is 1.20. The van der Waals surface area contributed by atoms with E-state index in [4.69, 9.17) is 4.42 Å². The molecule has 32 heavy (non-hydrogen) atoms. The molecule has 2 aliphatic carbocycles. The van der Waals surface area contributed by atoms with Crippen LogP contribution in [0.1, 0.15) is 65.1 Å². The van der Waals surface area contributed by atoms with Crippen LogP contribution in [0.2, 0.25) is 0 Å². The van der Waals surface area contributed by atoms with E-state index >= 15 is 0 Å². The molecule has 166 valence electrons. The lowest BCUT2D eigenvalue weighted by Crippen LogP contribution is -2.42. The maximum Gasteiger partial charge on any atom is 0.162 e. The van der Waals surface area contributed by atoms with Crippen LogP contribution in [0, 0.1) is 10.8 Å². The highest BCUT2D eigenvalue weighted by atomic mass is 79.9. The lowest BCUT2D eigenvalue weighted by atomic mass is 9.65. The van der Waals surface area contributed by atoms with Gasteiger partial charge in [0.05, 0.1) is 5.92 Å². The quantitative estimate of drug-likeness (QED) is 0.506. The van der Waals surface area contributed by atoms with Gasteiger partial charge in [0.25, 0.3) is 0 Å². The number of benzene rings is 1. The van der Waals surface area contributed by atoms with Gasteiger partial charge in [-0.15, -0.1) is 0 Å². The second-order valence-corrected chi connectivity index (χ2v) is 11.8. The molecule has 1 aromatic carbocycles. The van der Waals surface area contributed by atoms with Crippen molar-refractivity contribution in [2.45, 2.75) is 59.3 Å². The van der Waals surface area contributed by atoms with E-state index in [0.29, 0.717) is 29.7 Å². The average Bonchev–Trinajstić information content (AvgIpc) is 3.14. The van der Waals surface area contributed by atoms with Crippen LogP contribution >= 0.6 is 15.9 Å². The number of rotatable bonds is 2. The lowest BCUT2D eigenvalue weighted by molar-refractivity contribution is -0.119. The molecule has 0 radical (unpaired) electrons. The summed E-state index contributed by atoms with van der Waals surface area (Å²) < 4.78 is 7.33.